The Hall–Kier alpha value is -3.61. The fourth-order valence-electron chi connectivity index (χ4n) is 2.31. The van der Waals surface area contributed by atoms with Gasteiger partial charge in [0.25, 0.3) is 11.8 Å². The van der Waals surface area contributed by atoms with Crippen LogP contribution in [0, 0.1) is 18.6 Å². The zero-order chi connectivity index (χ0) is 19.4. The van der Waals surface area contributed by atoms with Gasteiger partial charge in [-0.05, 0) is 43.3 Å². The van der Waals surface area contributed by atoms with E-state index in [-0.39, 0.29) is 16.9 Å². The Balaban J connectivity index is 1.73. The zero-order valence-electron chi connectivity index (χ0n) is 14.3. The summed E-state index contributed by atoms with van der Waals surface area (Å²) < 4.78 is 26.2. The third kappa shape index (κ3) is 4.52. The van der Waals surface area contributed by atoms with Crippen LogP contribution in [0.15, 0.2) is 60.8 Å². The van der Waals surface area contributed by atoms with Gasteiger partial charge in [0.05, 0.1) is 0 Å². The Bertz CT molecular complexity index is 1000. The van der Waals surface area contributed by atoms with Crippen LogP contribution in [0.5, 0.6) is 0 Å². The predicted molar refractivity (Wildman–Crippen MR) is 97.7 cm³/mol. The minimum absolute atomic E-state index is 0.0495. The number of amides is 2. The lowest BCUT2D eigenvalue weighted by Gasteiger charge is -2.08. The Morgan fingerprint density at radius 1 is 0.815 bits per heavy atom. The minimum Gasteiger partial charge on any atom is -0.322 e. The summed E-state index contributed by atoms with van der Waals surface area (Å²) in [5, 5.41) is 5.13. The molecule has 2 aromatic carbocycles. The molecule has 0 unspecified atom stereocenters. The van der Waals surface area contributed by atoms with Gasteiger partial charge >= 0.3 is 0 Å². The lowest BCUT2D eigenvalue weighted by Crippen LogP contribution is -2.17. The molecule has 0 aliphatic heterocycles. The van der Waals surface area contributed by atoms with Gasteiger partial charge in [0.2, 0.25) is 0 Å². The van der Waals surface area contributed by atoms with E-state index in [4.69, 9.17) is 0 Å². The topological polar surface area (TPSA) is 71.1 Å². The van der Waals surface area contributed by atoms with E-state index in [9.17, 15) is 18.4 Å². The molecule has 0 bridgehead atoms. The number of hydrogen-bond acceptors (Lipinski definition) is 3. The van der Waals surface area contributed by atoms with Crippen molar-refractivity contribution in [3.8, 4) is 0 Å². The van der Waals surface area contributed by atoms with Gasteiger partial charge < -0.3 is 10.6 Å². The highest BCUT2D eigenvalue weighted by Crippen LogP contribution is 2.15. The van der Waals surface area contributed by atoms with Crippen LogP contribution in [0.3, 0.4) is 0 Å². The maximum Gasteiger partial charge on any atom is 0.274 e. The van der Waals surface area contributed by atoms with Crippen molar-refractivity contribution < 1.29 is 18.4 Å². The molecule has 0 aliphatic carbocycles. The Morgan fingerprint density at radius 3 is 2.19 bits per heavy atom. The number of aromatic nitrogens is 1. The van der Waals surface area contributed by atoms with Gasteiger partial charge in [0, 0.05) is 29.2 Å². The number of carbonyl (C=O) groups is 2. The molecule has 2 N–H and O–H groups in total. The van der Waals surface area contributed by atoms with Crippen LogP contribution < -0.4 is 10.6 Å². The van der Waals surface area contributed by atoms with Gasteiger partial charge in [0.15, 0.2) is 11.6 Å². The van der Waals surface area contributed by atoms with Crippen LogP contribution in [-0.2, 0) is 0 Å². The first kappa shape index (κ1) is 18.2. The first-order valence-corrected chi connectivity index (χ1v) is 8.03. The van der Waals surface area contributed by atoms with Crippen molar-refractivity contribution in [2.24, 2.45) is 0 Å². The molecular formula is C20H15F2N3O2. The van der Waals surface area contributed by atoms with Gasteiger partial charge in [-0.1, -0.05) is 17.7 Å². The molecule has 27 heavy (non-hydrogen) atoms. The third-order valence-electron chi connectivity index (χ3n) is 3.74. The molecule has 136 valence electrons. The smallest absolute Gasteiger partial charge is 0.274 e. The molecule has 0 radical (unpaired) electrons. The average Bonchev–Trinajstić information content (AvgIpc) is 2.66. The van der Waals surface area contributed by atoms with E-state index >= 15 is 0 Å². The molecule has 0 fully saturated rings. The van der Waals surface area contributed by atoms with Crippen LogP contribution in [0.2, 0.25) is 0 Å². The number of halogens is 2. The van der Waals surface area contributed by atoms with E-state index < -0.39 is 23.4 Å². The standard InChI is InChI=1S/C20H15F2N3O2/c1-12-2-4-14(5-3-12)24-20(27)18-10-13(8-9-23-18)19(26)25-15-6-7-16(21)17(22)11-15/h2-11H,1H3,(H,24,27)(H,25,26). The summed E-state index contributed by atoms with van der Waals surface area (Å²) in [6.45, 7) is 1.93. The molecule has 3 rings (SSSR count). The van der Waals surface area contributed by atoms with Crippen molar-refractivity contribution in [1.82, 2.24) is 4.98 Å². The van der Waals surface area contributed by atoms with Crippen LogP contribution in [0.25, 0.3) is 0 Å². The Labute approximate surface area is 154 Å². The highest BCUT2D eigenvalue weighted by Gasteiger charge is 2.13. The van der Waals surface area contributed by atoms with Crippen molar-refractivity contribution in [3.05, 3.63) is 89.2 Å². The number of rotatable bonds is 4. The maximum atomic E-state index is 13.2. The monoisotopic (exact) mass is 367 g/mol. The Morgan fingerprint density at radius 2 is 1.48 bits per heavy atom. The summed E-state index contributed by atoms with van der Waals surface area (Å²) in [5.41, 5.74) is 1.96. The molecule has 0 saturated carbocycles. The highest BCUT2D eigenvalue weighted by atomic mass is 19.2. The molecule has 0 saturated heterocycles. The largest absolute Gasteiger partial charge is 0.322 e. The fourth-order valence-corrected chi connectivity index (χ4v) is 2.31. The molecule has 0 spiro atoms. The fraction of sp³-hybridized carbons (Fsp3) is 0.0500. The molecule has 2 amide bonds. The molecule has 1 heterocycles. The summed E-state index contributed by atoms with van der Waals surface area (Å²) >= 11 is 0. The van der Waals surface area contributed by atoms with E-state index in [2.05, 4.69) is 15.6 Å². The predicted octanol–water partition coefficient (Wildman–Crippen LogP) is 4.17. The summed E-state index contributed by atoms with van der Waals surface area (Å²) in [5.74, 6) is -3.12. The molecule has 7 heteroatoms. The molecular weight excluding hydrogens is 352 g/mol. The molecule has 5 nitrogen and oxygen atoms in total. The third-order valence-corrected chi connectivity index (χ3v) is 3.74. The maximum absolute atomic E-state index is 13.2. The van der Waals surface area contributed by atoms with Crippen molar-refractivity contribution in [2.45, 2.75) is 6.92 Å². The lowest BCUT2D eigenvalue weighted by molar-refractivity contribution is 0.102. The summed E-state index contributed by atoms with van der Waals surface area (Å²) in [6.07, 6.45) is 1.32. The molecule has 1 aromatic heterocycles. The first-order chi connectivity index (χ1) is 12.9. The highest BCUT2D eigenvalue weighted by molar-refractivity contribution is 6.07. The SMILES string of the molecule is Cc1ccc(NC(=O)c2cc(C(=O)Nc3ccc(F)c(F)c3)ccn2)cc1. The minimum atomic E-state index is -1.07. The number of pyridine rings is 1. The number of carbonyl (C=O) groups excluding carboxylic acids is 2. The number of nitrogens with zero attached hydrogens (tertiary/aromatic N) is 1. The van der Waals surface area contributed by atoms with Crippen LogP contribution in [-0.4, -0.2) is 16.8 Å². The van der Waals surface area contributed by atoms with Gasteiger partial charge in [-0.3, -0.25) is 14.6 Å². The number of anilines is 2. The summed E-state index contributed by atoms with van der Waals surface area (Å²) in [7, 11) is 0. The van der Waals surface area contributed by atoms with Gasteiger partial charge in [0.1, 0.15) is 5.69 Å². The second-order valence-corrected chi connectivity index (χ2v) is 5.83. The van der Waals surface area contributed by atoms with E-state index in [0.717, 1.165) is 17.7 Å². The van der Waals surface area contributed by atoms with Gasteiger partial charge in [-0.2, -0.15) is 0 Å². The Kier molecular flexibility index (Phi) is 5.21. The van der Waals surface area contributed by atoms with Gasteiger partial charge in [-0.15, -0.1) is 0 Å². The van der Waals surface area contributed by atoms with E-state index in [1.165, 1.54) is 24.4 Å². The van der Waals surface area contributed by atoms with Crippen LogP contribution in [0.1, 0.15) is 26.4 Å². The summed E-state index contributed by atoms with van der Waals surface area (Å²) in [4.78, 5) is 28.6. The normalized spacial score (nSPS) is 10.3. The molecule has 3 aromatic rings. The van der Waals surface area contributed by atoms with Crippen molar-refractivity contribution in [2.75, 3.05) is 10.6 Å². The second kappa shape index (κ2) is 7.74. The van der Waals surface area contributed by atoms with Crippen LogP contribution in [0.4, 0.5) is 20.2 Å². The molecule has 0 atom stereocenters. The van der Waals surface area contributed by atoms with E-state index in [0.29, 0.717) is 5.69 Å². The van der Waals surface area contributed by atoms with Crippen molar-refractivity contribution in [3.63, 3.8) is 0 Å². The zero-order valence-corrected chi connectivity index (χ0v) is 14.3. The second-order valence-electron chi connectivity index (χ2n) is 5.83. The average molecular weight is 367 g/mol. The number of aryl methyl sites for hydroxylation is 1. The number of nitrogens with one attached hydrogen (secondary N) is 2. The number of hydrogen-bond donors (Lipinski definition) is 2. The summed E-state index contributed by atoms with van der Waals surface area (Å²) in [6, 6.07) is 13.0. The van der Waals surface area contributed by atoms with Crippen LogP contribution >= 0.6 is 0 Å². The molecule has 0 aliphatic rings. The number of benzene rings is 2. The van der Waals surface area contributed by atoms with Crippen molar-refractivity contribution in [1.29, 1.82) is 0 Å². The van der Waals surface area contributed by atoms with Crippen molar-refractivity contribution >= 4 is 23.2 Å². The van der Waals surface area contributed by atoms with E-state index in [1.54, 1.807) is 12.1 Å². The first-order valence-electron chi connectivity index (χ1n) is 8.03. The van der Waals surface area contributed by atoms with Gasteiger partial charge in [-0.25, -0.2) is 8.78 Å². The lowest BCUT2D eigenvalue weighted by atomic mass is 10.2. The quantitative estimate of drug-likeness (QED) is 0.727. The van der Waals surface area contributed by atoms with E-state index in [1.807, 2.05) is 19.1 Å².